The zero-order chi connectivity index (χ0) is 19.3. The molecular formula is C16H26N4O5S. The van der Waals surface area contributed by atoms with E-state index in [9.17, 15) is 18.0 Å². The van der Waals surface area contributed by atoms with Gasteiger partial charge >= 0.3 is 0 Å². The van der Waals surface area contributed by atoms with Crippen LogP contribution in [0.2, 0.25) is 0 Å². The highest BCUT2D eigenvalue weighted by Crippen LogP contribution is 2.15. The van der Waals surface area contributed by atoms with Gasteiger partial charge in [-0.05, 0) is 26.7 Å². The average molecular weight is 386 g/mol. The summed E-state index contributed by atoms with van der Waals surface area (Å²) in [7, 11) is -1.85. The molecular weight excluding hydrogens is 360 g/mol. The van der Waals surface area contributed by atoms with Crippen LogP contribution >= 0.6 is 0 Å². The predicted octanol–water partition coefficient (Wildman–Crippen LogP) is -0.514. The van der Waals surface area contributed by atoms with Crippen LogP contribution < -0.4 is 10.9 Å². The van der Waals surface area contributed by atoms with Gasteiger partial charge in [0.05, 0.1) is 24.5 Å². The summed E-state index contributed by atoms with van der Waals surface area (Å²) in [6.07, 6.45) is 1.14. The maximum Gasteiger partial charge on any atom is 0.254 e. The second kappa shape index (κ2) is 8.74. The fourth-order valence-corrected chi connectivity index (χ4v) is 4.30. The molecule has 1 aliphatic heterocycles. The lowest BCUT2D eigenvalue weighted by Gasteiger charge is -2.31. The number of piperidine rings is 1. The standard InChI is InChI=1S/C16H26N4O5S/c1-11-14(17-12(2)18-16(11)22)10-15(21)19-13-4-6-20(7-5-13)26(23,24)9-8-25-3/h13H,4-10H2,1-3H3,(H,19,21)(H,17,18,22). The molecule has 1 aromatic rings. The number of sulfonamides is 1. The van der Waals surface area contributed by atoms with Gasteiger partial charge < -0.3 is 15.0 Å². The second-order valence-electron chi connectivity index (χ2n) is 6.45. The first-order valence-corrected chi connectivity index (χ1v) is 10.2. The van der Waals surface area contributed by atoms with Gasteiger partial charge in [0.2, 0.25) is 15.9 Å². The van der Waals surface area contributed by atoms with Gasteiger partial charge in [-0.2, -0.15) is 0 Å². The van der Waals surface area contributed by atoms with Gasteiger partial charge in [-0.3, -0.25) is 9.59 Å². The Bertz CT molecular complexity index is 797. The molecule has 1 aliphatic rings. The van der Waals surface area contributed by atoms with Gasteiger partial charge in [-0.1, -0.05) is 0 Å². The lowest BCUT2D eigenvalue weighted by atomic mass is 10.1. The number of hydrogen-bond acceptors (Lipinski definition) is 6. The molecule has 0 unspecified atom stereocenters. The van der Waals surface area contributed by atoms with Crippen molar-refractivity contribution in [2.24, 2.45) is 0 Å². The number of ether oxygens (including phenoxy) is 1. The maximum atomic E-state index is 12.3. The highest BCUT2D eigenvalue weighted by atomic mass is 32.2. The lowest BCUT2D eigenvalue weighted by molar-refractivity contribution is -0.121. The first kappa shape index (κ1) is 20.5. The molecule has 2 rings (SSSR count). The Hall–Kier alpha value is -1.78. The minimum absolute atomic E-state index is 0.0307. The van der Waals surface area contributed by atoms with E-state index in [0.717, 1.165) is 0 Å². The zero-order valence-corrected chi connectivity index (χ0v) is 16.2. The molecule has 0 spiro atoms. The van der Waals surface area contributed by atoms with E-state index in [0.29, 0.717) is 43.0 Å². The molecule has 2 N–H and O–H groups in total. The number of methoxy groups -OCH3 is 1. The molecule has 146 valence electrons. The topological polar surface area (TPSA) is 121 Å². The molecule has 0 aliphatic carbocycles. The first-order valence-electron chi connectivity index (χ1n) is 8.55. The summed E-state index contributed by atoms with van der Waals surface area (Å²) >= 11 is 0. The number of nitrogens with one attached hydrogen (secondary N) is 2. The highest BCUT2D eigenvalue weighted by Gasteiger charge is 2.28. The van der Waals surface area contributed by atoms with Crippen molar-refractivity contribution < 1.29 is 17.9 Å². The monoisotopic (exact) mass is 386 g/mol. The van der Waals surface area contributed by atoms with Crippen LogP contribution in [0.1, 0.15) is 29.9 Å². The quantitative estimate of drug-likeness (QED) is 0.651. The molecule has 0 aromatic carbocycles. The number of carbonyl (C=O) groups excluding carboxylic acids is 1. The van der Waals surface area contributed by atoms with E-state index in [-0.39, 0.29) is 36.3 Å². The Morgan fingerprint density at radius 1 is 1.35 bits per heavy atom. The van der Waals surface area contributed by atoms with Crippen LogP contribution in [-0.2, 0) is 26.0 Å². The van der Waals surface area contributed by atoms with Crippen LogP contribution in [0.3, 0.4) is 0 Å². The number of amides is 1. The van der Waals surface area contributed by atoms with E-state index >= 15 is 0 Å². The normalized spacial score (nSPS) is 16.6. The summed E-state index contributed by atoms with van der Waals surface area (Å²) in [5.74, 6) is 0.220. The number of nitrogens with zero attached hydrogens (tertiary/aromatic N) is 2. The zero-order valence-electron chi connectivity index (χ0n) is 15.4. The van der Waals surface area contributed by atoms with E-state index in [4.69, 9.17) is 4.74 Å². The SMILES string of the molecule is COCCS(=O)(=O)N1CCC(NC(=O)Cc2nc(C)[nH]c(=O)c2C)CC1. The van der Waals surface area contributed by atoms with Gasteiger partial charge in [-0.25, -0.2) is 17.7 Å². The maximum absolute atomic E-state index is 12.3. The van der Waals surface area contributed by atoms with Crippen molar-refractivity contribution in [2.45, 2.75) is 39.2 Å². The Labute approximate surface area is 153 Å². The smallest absolute Gasteiger partial charge is 0.254 e. The minimum atomic E-state index is -3.31. The molecule has 1 aromatic heterocycles. The number of H-pyrrole nitrogens is 1. The Morgan fingerprint density at radius 2 is 2.00 bits per heavy atom. The fourth-order valence-electron chi connectivity index (χ4n) is 2.90. The van der Waals surface area contributed by atoms with E-state index in [1.807, 2.05) is 0 Å². The molecule has 0 bridgehead atoms. The van der Waals surface area contributed by atoms with E-state index in [1.165, 1.54) is 11.4 Å². The molecule has 2 heterocycles. The van der Waals surface area contributed by atoms with Crippen molar-refractivity contribution in [3.05, 3.63) is 27.4 Å². The Balaban J connectivity index is 1.88. The molecule has 1 fully saturated rings. The summed E-state index contributed by atoms with van der Waals surface area (Å²) in [4.78, 5) is 30.8. The fraction of sp³-hybridized carbons (Fsp3) is 0.688. The molecule has 1 amide bonds. The van der Waals surface area contributed by atoms with Crippen LogP contribution in [0.25, 0.3) is 0 Å². The summed E-state index contributed by atoms with van der Waals surface area (Å²) in [6.45, 7) is 4.22. The van der Waals surface area contributed by atoms with Gasteiger partial charge in [0.15, 0.2) is 0 Å². The third kappa shape index (κ3) is 5.36. The summed E-state index contributed by atoms with van der Waals surface area (Å²) in [5.41, 5.74) is 0.656. The van der Waals surface area contributed by atoms with Crippen LogP contribution in [0.15, 0.2) is 4.79 Å². The van der Waals surface area contributed by atoms with Crippen LogP contribution in [0, 0.1) is 13.8 Å². The Morgan fingerprint density at radius 3 is 2.62 bits per heavy atom. The van der Waals surface area contributed by atoms with Crippen molar-refractivity contribution in [3.63, 3.8) is 0 Å². The number of aromatic nitrogens is 2. The van der Waals surface area contributed by atoms with Crippen molar-refractivity contribution >= 4 is 15.9 Å². The first-order chi connectivity index (χ1) is 12.2. The molecule has 10 heteroatoms. The number of rotatable bonds is 7. The van der Waals surface area contributed by atoms with E-state index in [1.54, 1.807) is 13.8 Å². The molecule has 0 atom stereocenters. The highest BCUT2D eigenvalue weighted by molar-refractivity contribution is 7.89. The van der Waals surface area contributed by atoms with Crippen LogP contribution in [-0.4, -0.2) is 67.2 Å². The molecule has 26 heavy (non-hydrogen) atoms. The number of aromatic amines is 1. The Kier molecular flexibility index (Phi) is 6.90. The van der Waals surface area contributed by atoms with Crippen molar-refractivity contribution in [3.8, 4) is 0 Å². The largest absolute Gasteiger partial charge is 0.384 e. The minimum Gasteiger partial charge on any atom is -0.384 e. The molecule has 0 radical (unpaired) electrons. The van der Waals surface area contributed by atoms with E-state index in [2.05, 4.69) is 15.3 Å². The third-order valence-electron chi connectivity index (χ3n) is 4.46. The molecule has 9 nitrogen and oxygen atoms in total. The second-order valence-corrected chi connectivity index (χ2v) is 8.54. The molecule has 1 saturated heterocycles. The van der Waals surface area contributed by atoms with Crippen LogP contribution in [0.4, 0.5) is 0 Å². The number of aryl methyl sites for hydroxylation is 1. The summed E-state index contributed by atoms with van der Waals surface area (Å²) in [5, 5.41) is 2.91. The summed E-state index contributed by atoms with van der Waals surface area (Å²) < 4.78 is 30.5. The number of carbonyl (C=O) groups is 1. The van der Waals surface area contributed by atoms with Gasteiger partial charge in [0.1, 0.15) is 5.82 Å². The predicted molar refractivity (Wildman–Crippen MR) is 96.4 cm³/mol. The van der Waals surface area contributed by atoms with Gasteiger partial charge in [0.25, 0.3) is 5.56 Å². The third-order valence-corrected chi connectivity index (χ3v) is 6.29. The summed E-state index contributed by atoms with van der Waals surface area (Å²) in [6, 6.07) is -0.0835. The van der Waals surface area contributed by atoms with Crippen molar-refractivity contribution in [1.29, 1.82) is 0 Å². The van der Waals surface area contributed by atoms with Gasteiger partial charge in [0, 0.05) is 31.8 Å². The van der Waals surface area contributed by atoms with Gasteiger partial charge in [-0.15, -0.1) is 0 Å². The number of hydrogen-bond donors (Lipinski definition) is 2. The lowest BCUT2D eigenvalue weighted by Crippen LogP contribution is -2.47. The molecule has 0 saturated carbocycles. The van der Waals surface area contributed by atoms with E-state index < -0.39 is 10.0 Å². The van der Waals surface area contributed by atoms with Crippen LogP contribution in [0.5, 0.6) is 0 Å². The van der Waals surface area contributed by atoms with Crippen molar-refractivity contribution in [2.75, 3.05) is 32.6 Å². The van der Waals surface area contributed by atoms with Crippen molar-refractivity contribution in [1.82, 2.24) is 19.6 Å². The average Bonchev–Trinajstić information content (AvgIpc) is 2.58.